The zero-order chi connectivity index (χ0) is 29.9. The second-order valence-electron chi connectivity index (χ2n) is 11.9. The van der Waals surface area contributed by atoms with Gasteiger partial charge >= 0.3 is 0 Å². The smallest absolute Gasteiger partial charge is 0.226 e. The van der Waals surface area contributed by atoms with Crippen LogP contribution in [0.5, 0.6) is 0 Å². The fourth-order valence-electron chi connectivity index (χ4n) is 7.58. The number of carbonyl (C=O) groups is 1. The van der Waals surface area contributed by atoms with E-state index in [2.05, 4.69) is 27.8 Å². The summed E-state index contributed by atoms with van der Waals surface area (Å²) < 4.78 is 5.59. The summed E-state index contributed by atoms with van der Waals surface area (Å²) in [5.74, 6) is 0.780. The molecule has 2 aromatic rings. The Morgan fingerprint density at radius 3 is 2.64 bits per heavy atom. The van der Waals surface area contributed by atoms with E-state index in [0.717, 1.165) is 94.7 Å². The molecule has 42 heavy (non-hydrogen) atoms. The summed E-state index contributed by atoms with van der Waals surface area (Å²) in [5, 5.41) is 9.98. The zero-order valence-electron chi connectivity index (χ0n) is 25.7. The zero-order valence-corrected chi connectivity index (χ0v) is 26.6. The molecule has 0 aromatic carbocycles. The highest BCUT2D eigenvalue weighted by atomic mass is 32.1. The fourth-order valence-corrected chi connectivity index (χ4v) is 8.84. The van der Waals surface area contributed by atoms with Crippen LogP contribution in [-0.4, -0.2) is 65.6 Å². The molecule has 2 N–H and O–H groups in total. The lowest BCUT2D eigenvalue weighted by molar-refractivity contribution is -0.122. The van der Waals surface area contributed by atoms with Crippen molar-refractivity contribution in [2.75, 3.05) is 37.7 Å². The maximum atomic E-state index is 14.3. The van der Waals surface area contributed by atoms with Gasteiger partial charge in [0.1, 0.15) is 6.07 Å². The van der Waals surface area contributed by atoms with Gasteiger partial charge in [-0.3, -0.25) is 9.69 Å². The first-order chi connectivity index (χ1) is 20.4. The number of ether oxygens (including phenoxy) is 1. The van der Waals surface area contributed by atoms with Crippen molar-refractivity contribution in [2.24, 2.45) is 5.73 Å². The van der Waals surface area contributed by atoms with Gasteiger partial charge in [0.15, 0.2) is 5.78 Å². The quantitative estimate of drug-likeness (QED) is 0.466. The highest BCUT2D eigenvalue weighted by Crippen LogP contribution is 2.51. The van der Waals surface area contributed by atoms with E-state index in [9.17, 15) is 10.1 Å². The van der Waals surface area contributed by atoms with Crippen molar-refractivity contribution in [3.63, 3.8) is 0 Å². The predicted molar refractivity (Wildman–Crippen MR) is 169 cm³/mol. The van der Waals surface area contributed by atoms with E-state index in [0.29, 0.717) is 40.9 Å². The Balaban J connectivity index is 0.00000173. The Labute approximate surface area is 255 Å². The molecular formula is C33H46N6O2S. The second-order valence-corrected chi connectivity index (χ2v) is 13.2. The van der Waals surface area contributed by atoms with E-state index < -0.39 is 5.41 Å². The lowest BCUT2D eigenvalue weighted by Crippen LogP contribution is -2.45. The molecule has 3 fully saturated rings. The number of aromatic nitrogens is 2. The van der Waals surface area contributed by atoms with Gasteiger partial charge in [-0.25, -0.2) is 9.97 Å². The van der Waals surface area contributed by atoms with Crippen LogP contribution in [0.4, 0.5) is 5.95 Å². The number of hydrogen-bond donors (Lipinski definition) is 1. The van der Waals surface area contributed by atoms with Crippen LogP contribution >= 0.6 is 11.3 Å². The van der Waals surface area contributed by atoms with Crippen molar-refractivity contribution in [2.45, 2.75) is 103 Å². The van der Waals surface area contributed by atoms with Crippen LogP contribution in [-0.2, 0) is 21.4 Å². The van der Waals surface area contributed by atoms with Crippen molar-refractivity contribution in [1.29, 1.82) is 5.26 Å². The van der Waals surface area contributed by atoms with Gasteiger partial charge in [0.2, 0.25) is 5.95 Å². The largest absolute Gasteiger partial charge is 0.397 e. The topological polar surface area (TPSA) is 108 Å². The molecule has 2 aliphatic heterocycles. The SMILES string of the molecule is CC.Cc1sc2c(c1C#N)[C@]1(CCC/C(=C(/N)c3ccnc(N4CCCN(C5CCOCC5)C[C@@H]4C)n3)C1=O)CCC2. The molecule has 2 aromatic heterocycles. The van der Waals surface area contributed by atoms with Crippen LogP contribution in [0.3, 0.4) is 0 Å². The number of thiophene rings is 1. The molecule has 9 heteroatoms. The summed E-state index contributed by atoms with van der Waals surface area (Å²) in [4.78, 5) is 31.1. The molecule has 0 amide bonds. The van der Waals surface area contributed by atoms with E-state index >= 15 is 0 Å². The lowest BCUT2D eigenvalue weighted by atomic mass is 9.61. The number of carbonyl (C=O) groups excluding carboxylic acids is 1. The average Bonchev–Trinajstić information content (AvgIpc) is 3.24. The molecule has 1 saturated carbocycles. The number of ketones is 1. The molecular weight excluding hydrogens is 544 g/mol. The second kappa shape index (κ2) is 13.2. The van der Waals surface area contributed by atoms with Crippen LogP contribution in [0, 0.1) is 18.3 Å². The number of aryl methyl sites for hydroxylation is 2. The molecule has 2 atom stereocenters. The molecule has 4 aliphatic rings. The standard InChI is InChI=1S/C31H40N6O2S.C2H6/c1-20-19-36(22-9-16-39-17-10-22)14-5-15-37(20)30-34-13-8-25(35-30)28(33)23-6-3-11-31(29(23)38)12-4-7-26-27(31)24(18-32)21(2)40-26;1-2/h8,13,20,22H,3-7,9-12,14-17,19,33H2,1-2H3;1-2H3/b28-23-;/t20-,31-;/m0./s1. The van der Waals surface area contributed by atoms with Gasteiger partial charge in [0.25, 0.3) is 0 Å². The van der Waals surface area contributed by atoms with Crippen molar-refractivity contribution < 1.29 is 9.53 Å². The van der Waals surface area contributed by atoms with Gasteiger partial charge in [-0.05, 0) is 83.3 Å². The van der Waals surface area contributed by atoms with Crippen LogP contribution in [0.25, 0.3) is 5.70 Å². The minimum absolute atomic E-state index is 0.0990. The van der Waals surface area contributed by atoms with Gasteiger partial charge in [-0.1, -0.05) is 13.8 Å². The maximum Gasteiger partial charge on any atom is 0.226 e. The maximum absolute atomic E-state index is 14.3. The van der Waals surface area contributed by atoms with Crippen molar-refractivity contribution in [1.82, 2.24) is 14.9 Å². The predicted octanol–water partition coefficient (Wildman–Crippen LogP) is 5.52. The summed E-state index contributed by atoms with van der Waals surface area (Å²) >= 11 is 1.69. The van der Waals surface area contributed by atoms with Crippen molar-refractivity contribution in [3.8, 4) is 6.07 Å². The highest BCUT2D eigenvalue weighted by molar-refractivity contribution is 7.12. The number of rotatable bonds is 3. The van der Waals surface area contributed by atoms with Crippen molar-refractivity contribution in [3.05, 3.63) is 44.4 Å². The number of Topliss-reactive ketones (excluding diaryl/α,β-unsaturated/α-hetero) is 1. The van der Waals surface area contributed by atoms with E-state index in [4.69, 9.17) is 15.5 Å². The van der Waals surface area contributed by atoms with Crippen LogP contribution in [0.2, 0.25) is 0 Å². The third-order valence-electron chi connectivity index (χ3n) is 9.58. The van der Waals surface area contributed by atoms with Gasteiger partial charge < -0.3 is 15.4 Å². The summed E-state index contributed by atoms with van der Waals surface area (Å²) in [7, 11) is 0. The minimum atomic E-state index is -0.635. The van der Waals surface area contributed by atoms with Gasteiger partial charge in [0.05, 0.1) is 22.4 Å². The Bertz CT molecular complexity index is 1360. The molecule has 0 radical (unpaired) electrons. The summed E-state index contributed by atoms with van der Waals surface area (Å²) in [6.07, 6.45) is 10.0. The van der Waals surface area contributed by atoms with Gasteiger partial charge in [0, 0.05) is 66.5 Å². The normalized spacial score (nSPS) is 26.6. The first-order valence-electron chi connectivity index (χ1n) is 15.9. The van der Waals surface area contributed by atoms with Crippen LogP contribution < -0.4 is 10.6 Å². The fraction of sp³-hybridized carbons (Fsp3) is 0.636. The number of nitriles is 1. The van der Waals surface area contributed by atoms with E-state index in [1.807, 2.05) is 26.8 Å². The van der Waals surface area contributed by atoms with E-state index in [1.165, 1.54) is 4.88 Å². The lowest BCUT2D eigenvalue weighted by Gasteiger charge is -2.40. The molecule has 1 spiro atoms. The number of nitrogens with two attached hydrogens (primary N) is 1. The molecule has 2 aliphatic carbocycles. The molecule has 0 unspecified atom stereocenters. The average molecular weight is 591 g/mol. The third kappa shape index (κ3) is 5.61. The number of allylic oxidation sites excluding steroid dienone is 1. The molecule has 8 nitrogen and oxygen atoms in total. The van der Waals surface area contributed by atoms with Crippen molar-refractivity contribution >= 4 is 28.8 Å². The molecule has 6 rings (SSSR count). The van der Waals surface area contributed by atoms with Crippen LogP contribution in [0.1, 0.15) is 98.7 Å². The molecule has 0 bridgehead atoms. The Morgan fingerprint density at radius 1 is 1.17 bits per heavy atom. The number of anilines is 1. The van der Waals surface area contributed by atoms with Crippen LogP contribution in [0.15, 0.2) is 17.8 Å². The van der Waals surface area contributed by atoms with E-state index in [1.54, 1.807) is 17.5 Å². The Morgan fingerprint density at radius 2 is 1.90 bits per heavy atom. The minimum Gasteiger partial charge on any atom is -0.397 e. The number of nitrogens with zero attached hydrogens (tertiary/aromatic N) is 5. The Hall–Kier alpha value is -2.80. The third-order valence-corrected chi connectivity index (χ3v) is 10.7. The molecule has 226 valence electrons. The number of fused-ring (bicyclic) bond motifs is 2. The first kappa shape index (κ1) is 30.7. The highest BCUT2D eigenvalue weighted by Gasteiger charge is 2.49. The summed E-state index contributed by atoms with van der Waals surface area (Å²) in [5.41, 5.74) is 9.64. The van der Waals surface area contributed by atoms with Gasteiger partial charge in [-0.2, -0.15) is 5.26 Å². The number of hydrogen-bond acceptors (Lipinski definition) is 9. The monoisotopic (exact) mass is 590 g/mol. The Kier molecular flexibility index (Phi) is 9.66. The molecule has 2 saturated heterocycles. The first-order valence-corrected chi connectivity index (χ1v) is 16.7. The van der Waals surface area contributed by atoms with E-state index in [-0.39, 0.29) is 11.8 Å². The molecule has 4 heterocycles. The van der Waals surface area contributed by atoms with Gasteiger partial charge in [-0.15, -0.1) is 11.3 Å². The summed E-state index contributed by atoms with van der Waals surface area (Å²) in [6.45, 7) is 12.9. The summed E-state index contributed by atoms with van der Waals surface area (Å²) in [6, 6.07) is 5.11.